The van der Waals surface area contributed by atoms with Crippen molar-refractivity contribution in [2.24, 2.45) is 0 Å². The summed E-state index contributed by atoms with van der Waals surface area (Å²) in [6.45, 7) is -0.295. The van der Waals surface area contributed by atoms with E-state index in [0.717, 1.165) is 12.1 Å². The van der Waals surface area contributed by atoms with E-state index < -0.39 is 29.5 Å². The molecule has 0 saturated carbocycles. The van der Waals surface area contributed by atoms with E-state index in [1.807, 2.05) is 0 Å². The lowest BCUT2D eigenvalue weighted by molar-refractivity contribution is -0.145. The first-order valence-electron chi connectivity index (χ1n) is 7.46. The molecule has 0 bridgehead atoms. The van der Waals surface area contributed by atoms with Crippen LogP contribution in [0.25, 0.3) is 0 Å². The highest BCUT2D eigenvalue weighted by molar-refractivity contribution is 5.94. The van der Waals surface area contributed by atoms with Crippen molar-refractivity contribution in [2.75, 3.05) is 13.7 Å². The number of carbonyl (C=O) groups excluding carboxylic acids is 3. The summed E-state index contributed by atoms with van der Waals surface area (Å²) in [7, 11) is 1.21. The van der Waals surface area contributed by atoms with Crippen LogP contribution in [0.3, 0.4) is 0 Å². The summed E-state index contributed by atoms with van der Waals surface area (Å²) in [4.78, 5) is 34.6. The highest BCUT2D eigenvalue weighted by atomic mass is 19.1. The van der Waals surface area contributed by atoms with E-state index >= 15 is 0 Å². The number of methoxy groups -OCH3 is 1. The highest BCUT2D eigenvalue weighted by Gasteiger charge is 2.14. The molecular weight excluding hydrogens is 352 g/mol. The Morgan fingerprint density at radius 2 is 1.92 bits per heavy atom. The summed E-state index contributed by atoms with van der Waals surface area (Å²) in [5.74, 6) is -3.63. The lowest BCUT2D eigenvalue weighted by atomic mass is 10.2. The van der Waals surface area contributed by atoms with Crippen LogP contribution in [-0.4, -0.2) is 31.5 Å². The first-order valence-corrected chi connectivity index (χ1v) is 7.46. The molecule has 0 aliphatic rings. The Balaban J connectivity index is 1.74. The number of furan rings is 1. The molecule has 1 aromatic heterocycles. The van der Waals surface area contributed by atoms with Gasteiger partial charge in [0.05, 0.1) is 19.1 Å². The molecule has 1 heterocycles. The molecule has 2 aromatic rings. The lowest BCUT2D eigenvalue weighted by Crippen LogP contribution is -2.27. The zero-order valence-electron chi connectivity index (χ0n) is 13.7. The number of benzene rings is 1. The summed E-state index contributed by atoms with van der Waals surface area (Å²) in [5, 5.41) is 2.33. The number of carbonyl (C=O) groups is 3. The van der Waals surface area contributed by atoms with Gasteiger partial charge in [-0.25, -0.2) is 13.6 Å². The zero-order valence-corrected chi connectivity index (χ0v) is 13.7. The van der Waals surface area contributed by atoms with Gasteiger partial charge in [-0.15, -0.1) is 0 Å². The quantitative estimate of drug-likeness (QED) is 0.754. The number of ether oxygens (including phenoxy) is 2. The maximum absolute atomic E-state index is 13.4. The van der Waals surface area contributed by atoms with Crippen molar-refractivity contribution in [3.8, 4) is 0 Å². The molecule has 0 saturated heterocycles. The first kappa shape index (κ1) is 19.1. The molecule has 0 aliphatic carbocycles. The van der Waals surface area contributed by atoms with Gasteiger partial charge >= 0.3 is 11.9 Å². The van der Waals surface area contributed by atoms with Gasteiger partial charge in [0.25, 0.3) is 5.91 Å². The summed E-state index contributed by atoms with van der Waals surface area (Å²) in [6, 6.07) is 5.40. The minimum atomic E-state index is -0.996. The Bertz CT molecular complexity index is 817. The van der Waals surface area contributed by atoms with Crippen molar-refractivity contribution in [2.45, 2.75) is 13.0 Å². The van der Waals surface area contributed by atoms with E-state index in [4.69, 9.17) is 9.15 Å². The van der Waals surface area contributed by atoms with E-state index in [2.05, 4.69) is 10.1 Å². The fourth-order valence-electron chi connectivity index (χ4n) is 1.94. The van der Waals surface area contributed by atoms with E-state index in [-0.39, 0.29) is 36.7 Å². The lowest BCUT2D eigenvalue weighted by Gasteiger charge is -2.06. The summed E-state index contributed by atoms with van der Waals surface area (Å²) in [6.07, 6.45) is -0.168. The number of hydrogen-bond acceptors (Lipinski definition) is 6. The number of esters is 2. The standard InChI is InChI=1S/C17H15F2NO6/c1-24-17(23)14-5-3-11(26-14)9-25-15(21)6-7-20-16(22)12-4-2-10(18)8-13(12)19/h2-5,8H,6-7,9H2,1H3,(H,20,22). The van der Waals surface area contributed by atoms with Gasteiger partial charge in [0.15, 0.2) is 0 Å². The molecular formula is C17H15F2NO6. The number of halogens is 2. The number of rotatable bonds is 7. The minimum Gasteiger partial charge on any atom is -0.463 e. The van der Waals surface area contributed by atoms with Gasteiger partial charge in [-0.3, -0.25) is 9.59 Å². The molecule has 7 nitrogen and oxygen atoms in total. The van der Waals surface area contributed by atoms with Crippen molar-refractivity contribution in [3.63, 3.8) is 0 Å². The van der Waals surface area contributed by atoms with Crippen molar-refractivity contribution in [1.82, 2.24) is 5.32 Å². The van der Waals surface area contributed by atoms with Crippen LogP contribution in [-0.2, 0) is 20.9 Å². The highest BCUT2D eigenvalue weighted by Crippen LogP contribution is 2.11. The Labute approximate surface area is 146 Å². The number of nitrogens with one attached hydrogen (secondary N) is 1. The Hall–Kier alpha value is -3.23. The summed E-state index contributed by atoms with van der Waals surface area (Å²) < 4.78 is 40.7. The van der Waals surface area contributed by atoms with Crippen LogP contribution in [0.2, 0.25) is 0 Å². The zero-order chi connectivity index (χ0) is 19.1. The summed E-state index contributed by atoms with van der Waals surface area (Å²) >= 11 is 0. The van der Waals surface area contributed by atoms with Gasteiger partial charge in [0.2, 0.25) is 5.76 Å². The average Bonchev–Trinajstić information content (AvgIpc) is 3.08. The molecule has 0 unspecified atom stereocenters. The molecule has 1 aromatic carbocycles. The molecule has 0 aliphatic heterocycles. The second-order valence-electron chi connectivity index (χ2n) is 5.05. The average molecular weight is 367 g/mol. The molecule has 138 valence electrons. The van der Waals surface area contributed by atoms with Gasteiger partial charge < -0.3 is 19.2 Å². The van der Waals surface area contributed by atoms with Gasteiger partial charge in [0, 0.05) is 12.6 Å². The molecule has 0 atom stereocenters. The molecule has 0 fully saturated rings. The monoisotopic (exact) mass is 367 g/mol. The number of hydrogen-bond donors (Lipinski definition) is 1. The SMILES string of the molecule is COC(=O)c1ccc(COC(=O)CCNC(=O)c2ccc(F)cc2F)o1. The van der Waals surface area contributed by atoms with Crippen LogP contribution >= 0.6 is 0 Å². The molecule has 9 heteroatoms. The molecule has 1 amide bonds. The van der Waals surface area contributed by atoms with E-state index in [9.17, 15) is 23.2 Å². The third-order valence-electron chi connectivity index (χ3n) is 3.21. The molecule has 2 rings (SSSR count). The van der Waals surface area contributed by atoms with Gasteiger partial charge in [-0.2, -0.15) is 0 Å². The predicted molar refractivity (Wildman–Crippen MR) is 83.2 cm³/mol. The van der Waals surface area contributed by atoms with Crippen LogP contribution in [0.1, 0.15) is 33.1 Å². The van der Waals surface area contributed by atoms with E-state index in [1.54, 1.807) is 0 Å². The van der Waals surface area contributed by atoms with E-state index in [1.165, 1.54) is 19.2 Å². The molecule has 26 heavy (non-hydrogen) atoms. The fourth-order valence-corrected chi connectivity index (χ4v) is 1.94. The fraction of sp³-hybridized carbons (Fsp3) is 0.235. The van der Waals surface area contributed by atoms with Crippen LogP contribution in [0, 0.1) is 11.6 Å². The van der Waals surface area contributed by atoms with Crippen LogP contribution in [0.5, 0.6) is 0 Å². The van der Waals surface area contributed by atoms with Crippen LogP contribution in [0.4, 0.5) is 8.78 Å². The molecule has 1 N–H and O–H groups in total. The minimum absolute atomic E-state index is 0.0212. The Kier molecular flexibility index (Phi) is 6.42. The normalized spacial score (nSPS) is 10.3. The summed E-state index contributed by atoms with van der Waals surface area (Å²) in [5.41, 5.74) is -0.328. The Morgan fingerprint density at radius 1 is 1.15 bits per heavy atom. The number of amides is 1. The van der Waals surface area contributed by atoms with Crippen LogP contribution < -0.4 is 5.32 Å². The molecule has 0 radical (unpaired) electrons. The second-order valence-corrected chi connectivity index (χ2v) is 5.05. The van der Waals surface area contributed by atoms with Crippen molar-refractivity contribution < 1.29 is 37.1 Å². The van der Waals surface area contributed by atoms with Gasteiger partial charge in [0.1, 0.15) is 24.0 Å². The third-order valence-corrected chi connectivity index (χ3v) is 3.21. The van der Waals surface area contributed by atoms with Crippen molar-refractivity contribution in [3.05, 3.63) is 59.1 Å². The van der Waals surface area contributed by atoms with Gasteiger partial charge in [-0.05, 0) is 24.3 Å². The predicted octanol–water partition coefficient (Wildman–Crippen LogP) is 2.21. The molecule has 0 spiro atoms. The first-order chi connectivity index (χ1) is 12.4. The maximum atomic E-state index is 13.4. The van der Waals surface area contributed by atoms with Crippen LogP contribution in [0.15, 0.2) is 34.7 Å². The smallest absolute Gasteiger partial charge is 0.373 e. The van der Waals surface area contributed by atoms with Crippen molar-refractivity contribution >= 4 is 17.8 Å². The Morgan fingerprint density at radius 3 is 2.62 bits per heavy atom. The largest absolute Gasteiger partial charge is 0.463 e. The second kappa shape index (κ2) is 8.75. The topological polar surface area (TPSA) is 94.8 Å². The maximum Gasteiger partial charge on any atom is 0.373 e. The van der Waals surface area contributed by atoms with E-state index in [0.29, 0.717) is 6.07 Å². The third kappa shape index (κ3) is 5.13. The van der Waals surface area contributed by atoms with Crippen molar-refractivity contribution in [1.29, 1.82) is 0 Å². The van der Waals surface area contributed by atoms with Gasteiger partial charge in [-0.1, -0.05) is 0 Å².